The number of nitrogens with one attached hydrogen (secondary N) is 2. The number of hydrogen-bond donors (Lipinski definition) is 2. The fraction of sp³-hybridized carbons (Fsp3) is 0.600. The van der Waals surface area contributed by atoms with Gasteiger partial charge in [0.1, 0.15) is 0 Å². The number of nitro groups is 1. The summed E-state index contributed by atoms with van der Waals surface area (Å²) in [5.41, 5.74) is 1.23. The van der Waals surface area contributed by atoms with E-state index in [2.05, 4.69) is 10.6 Å². The molecule has 1 atom stereocenters. The Morgan fingerprint density at radius 2 is 2.29 bits per heavy atom. The number of rotatable bonds is 4. The highest BCUT2D eigenvalue weighted by Crippen LogP contribution is 2.39. The third-order valence-electron chi connectivity index (χ3n) is 4.69. The van der Waals surface area contributed by atoms with Crippen molar-refractivity contribution in [3.63, 3.8) is 0 Å². The van der Waals surface area contributed by atoms with Crippen LogP contribution in [-0.2, 0) is 0 Å². The minimum absolute atomic E-state index is 0.00354. The predicted molar refractivity (Wildman–Crippen MR) is 80.9 cm³/mol. The van der Waals surface area contributed by atoms with E-state index in [1.807, 2.05) is 0 Å². The maximum absolute atomic E-state index is 10.9. The van der Waals surface area contributed by atoms with Crippen molar-refractivity contribution in [3.8, 4) is 5.75 Å². The van der Waals surface area contributed by atoms with Crippen molar-refractivity contribution in [2.75, 3.05) is 19.0 Å². The Morgan fingerprint density at radius 3 is 2.90 bits per heavy atom. The molecule has 0 amide bonds. The first-order valence-electron chi connectivity index (χ1n) is 7.46. The van der Waals surface area contributed by atoms with Crippen LogP contribution in [0.5, 0.6) is 5.75 Å². The molecule has 1 saturated carbocycles. The van der Waals surface area contributed by atoms with Crippen molar-refractivity contribution in [2.45, 2.75) is 43.7 Å². The Labute approximate surface area is 124 Å². The van der Waals surface area contributed by atoms with Crippen molar-refractivity contribution in [3.05, 3.63) is 28.3 Å². The zero-order chi connectivity index (χ0) is 14.9. The average Bonchev–Trinajstić information content (AvgIpc) is 2.45. The number of benzene rings is 1. The maximum atomic E-state index is 10.9. The molecule has 0 bridgehead atoms. The number of piperidine rings is 1. The van der Waals surface area contributed by atoms with Crippen LogP contribution in [0.3, 0.4) is 0 Å². The van der Waals surface area contributed by atoms with E-state index >= 15 is 0 Å². The molecule has 2 N–H and O–H groups in total. The molecule has 1 saturated heterocycles. The van der Waals surface area contributed by atoms with Crippen LogP contribution >= 0.6 is 0 Å². The lowest BCUT2D eigenvalue weighted by molar-refractivity contribution is -0.385. The first kappa shape index (κ1) is 14.1. The van der Waals surface area contributed by atoms with Crippen LogP contribution < -0.4 is 15.4 Å². The zero-order valence-electron chi connectivity index (χ0n) is 12.2. The first-order valence-corrected chi connectivity index (χ1v) is 7.46. The monoisotopic (exact) mass is 291 g/mol. The summed E-state index contributed by atoms with van der Waals surface area (Å²) >= 11 is 0. The molecule has 1 spiro atoms. The predicted octanol–water partition coefficient (Wildman–Crippen LogP) is 2.69. The lowest BCUT2D eigenvalue weighted by atomic mass is 9.70. The number of anilines is 1. The molecule has 21 heavy (non-hydrogen) atoms. The van der Waals surface area contributed by atoms with Gasteiger partial charge in [-0.15, -0.1) is 0 Å². The first-order chi connectivity index (χ1) is 10.1. The summed E-state index contributed by atoms with van der Waals surface area (Å²) in [5.74, 6) is 0.303. The lowest BCUT2D eigenvalue weighted by Gasteiger charge is -2.48. The Balaban J connectivity index is 1.71. The molecule has 1 aliphatic heterocycles. The van der Waals surface area contributed by atoms with Gasteiger partial charge < -0.3 is 15.4 Å². The third-order valence-corrected chi connectivity index (χ3v) is 4.69. The zero-order valence-corrected chi connectivity index (χ0v) is 12.2. The summed E-state index contributed by atoms with van der Waals surface area (Å²) in [5, 5.41) is 18.1. The van der Waals surface area contributed by atoms with E-state index < -0.39 is 4.92 Å². The third kappa shape index (κ3) is 2.81. The van der Waals surface area contributed by atoms with Gasteiger partial charge in [0, 0.05) is 29.4 Å². The average molecular weight is 291 g/mol. The van der Waals surface area contributed by atoms with E-state index in [1.54, 1.807) is 12.1 Å². The van der Waals surface area contributed by atoms with Gasteiger partial charge in [0.2, 0.25) is 0 Å². The van der Waals surface area contributed by atoms with Crippen molar-refractivity contribution < 1.29 is 9.66 Å². The van der Waals surface area contributed by atoms with Crippen molar-refractivity contribution >= 4 is 11.4 Å². The topological polar surface area (TPSA) is 76.4 Å². The summed E-state index contributed by atoms with van der Waals surface area (Å²) < 4.78 is 5.12. The molecule has 1 aliphatic carbocycles. The van der Waals surface area contributed by atoms with E-state index in [0.717, 1.165) is 25.1 Å². The smallest absolute Gasteiger partial charge is 0.311 e. The second-order valence-corrected chi connectivity index (χ2v) is 6.04. The quantitative estimate of drug-likeness (QED) is 0.659. The van der Waals surface area contributed by atoms with E-state index in [-0.39, 0.29) is 5.69 Å². The van der Waals surface area contributed by atoms with Crippen LogP contribution in [0.2, 0.25) is 0 Å². The van der Waals surface area contributed by atoms with Gasteiger partial charge in [0.25, 0.3) is 0 Å². The van der Waals surface area contributed by atoms with E-state index in [9.17, 15) is 10.1 Å². The van der Waals surface area contributed by atoms with E-state index in [0.29, 0.717) is 17.3 Å². The van der Waals surface area contributed by atoms with Gasteiger partial charge in [0.15, 0.2) is 5.75 Å². The van der Waals surface area contributed by atoms with Gasteiger partial charge in [-0.2, -0.15) is 0 Å². The molecule has 0 aromatic heterocycles. The van der Waals surface area contributed by atoms with Crippen molar-refractivity contribution in [1.29, 1.82) is 0 Å². The molecule has 2 fully saturated rings. The summed E-state index contributed by atoms with van der Waals surface area (Å²) in [4.78, 5) is 10.5. The van der Waals surface area contributed by atoms with Gasteiger partial charge >= 0.3 is 5.69 Å². The number of ether oxygens (including phenoxy) is 1. The molecule has 1 unspecified atom stereocenters. The van der Waals surface area contributed by atoms with Crippen LogP contribution in [0.1, 0.15) is 32.1 Å². The van der Waals surface area contributed by atoms with Crippen molar-refractivity contribution in [1.82, 2.24) is 5.32 Å². The molecule has 6 heteroatoms. The van der Waals surface area contributed by atoms with Gasteiger partial charge in [0.05, 0.1) is 12.0 Å². The molecule has 0 radical (unpaired) electrons. The molecule has 1 aromatic rings. The Bertz CT molecular complexity index is 543. The van der Waals surface area contributed by atoms with E-state index in [1.165, 1.54) is 32.4 Å². The number of nitrogens with zero attached hydrogens (tertiary/aromatic N) is 1. The van der Waals surface area contributed by atoms with Gasteiger partial charge in [-0.25, -0.2) is 0 Å². The highest BCUT2D eigenvalue weighted by atomic mass is 16.6. The summed E-state index contributed by atoms with van der Waals surface area (Å²) in [6.45, 7) is 1.03. The Kier molecular flexibility index (Phi) is 3.71. The van der Waals surface area contributed by atoms with Crippen LogP contribution in [0, 0.1) is 10.1 Å². The molecule has 6 nitrogen and oxygen atoms in total. The molecular formula is C15H21N3O3. The minimum Gasteiger partial charge on any atom is -0.490 e. The number of hydrogen-bond acceptors (Lipinski definition) is 5. The summed E-state index contributed by atoms with van der Waals surface area (Å²) in [7, 11) is 1.46. The maximum Gasteiger partial charge on any atom is 0.311 e. The van der Waals surface area contributed by atoms with Crippen LogP contribution in [-0.4, -0.2) is 30.2 Å². The van der Waals surface area contributed by atoms with Gasteiger partial charge in [-0.3, -0.25) is 10.1 Å². The number of nitro benzene ring substituents is 1. The minimum atomic E-state index is -0.420. The van der Waals surface area contributed by atoms with Gasteiger partial charge in [-0.1, -0.05) is 0 Å². The molecule has 114 valence electrons. The van der Waals surface area contributed by atoms with Crippen LogP contribution in [0.15, 0.2) is 18.2 Å². The highest BCUT2D eigenvalue weighted by molar-refractivity contribution is 5.58. The second kappa shape index (κ2) is 5.52. The van der Waals surface area contributed by atoms with Gasteiger partial charge in [-0.05, 0) is 44.7 Å². The summed E-state index contributed by atoms with van der Waals surface area (Å²) in [6.07, 6.45) is 6.02. The number of methoxy groups -OCH3 is 1. The largest absolute Gasteiger partial charge is 0.490 e. The molecule has 2 aliphatic rings. The SMILES string of the molecule is COc1cc(NC2CCNC3(CCC3)C2)ccc1[N+](=O)[O-]. The van der Waals surface area contributed by atoms with Crippen LogP contribution in [0.25, 0.3) is 0 Å². The molecule has 1 heterocycles. The van der Waals surface area contributed by atoms with Crippen molar-refractivity contribution in [2.24, 2.45) is 0 Å². The Morgan fingerprint density at radius 1 is 1.48 bits per heavy atom. The fourth-order valence-corrected chi connectivity index (χ4v) is 3.42. The molecular weight excluding hydrogens is 270 g/mol. The standard InChI is InChI=1S/C15H21N3O3/c1-21-14-9-11(3-4-13(14)18(19)20)17-12-5-8-16-15(10-12)6-2-7-15/h3-4,9,12,16-17H,2,5-8,10H2,1H3. The van der Waals surface area contributed by atoms with Crippen LogP contribution in [0.4, 0.5) is 11.4 Å². The highest BCUT2D eigenvalue weighted by Gasteiger charge is 2.40. The molecule has 3 rings (SSSR count). The second-order valence-electron chi connectivity index (χ2n) is 6.04. The summed E-state index contributed by atoms with van der Waals surface area (Å²) in [6, 6.07) is 5.39. The van der Waals surface area contributed by atoms with E-state index in [4.69, 9.17) is 4.74 Å². The normalized spacial score (nSPS) is 23.4. The lowest BCUT2D eigenvalue weighted by Crippen LogP contribution is -2.58. The Hall–Kier alpha value is -1.82. The fourth-order valence-electron chi connectivity index (χ4n) is 3.42. The molecule has 1 aromatic carbocycles.